The van der Waals surface area contributed by atoms with Crippen LogP contribution in [0.4, 0.5) is 8.78 Å². The molecule has 2 rings (SSSR count). The van der Waals surface area contributed by atoms with Gasteiger partial charge in [0.15, 0.2) is 24.4 Å². The van der Waals surface area contributed by atoms with Crippen molar-refractivity contribution in [2.75, 3.05) is 28.2 Å². The lowest BCUT2D eigenvalue weighted by Crippen LogP contribution is -2.54. The van der Waals surface area contributed by atoms with E-state index in [1.54, 1.807) is 33.0 Å². The molecule has 0 aromatic heterocycles. The molecule has 2 aromatic rings. The Labute approximate surface area is 468 Å². The molecule has 0 spiro atoms. The molecule has 0 heterocycles. The molecule has 19 heteroatoms. The van der Waals surface area contributed by atoms with E-state index in [-0.39, 0.29) is 41.9 Å². The number of ether oxygens (including phenoxy) is 4. The molecule has 0 saturated heterocycles. The number of rotatable bonds is 28. The maximum atomic E-state index is 15.7. The van der Waals surface area contributed by atoms with Crippen LogP contribution in [0.3, 0.4) is 0 Å². The Morgan fingerprint density at radius 3 is 1.14 bits per heavy atom. The molecule has 0 bridgehead atoms. The summed E-state index contributed by atoms with van der Waals surface area (Å²) in [5.41, 5.74) is -1.40. The lowest BCUT2D eigenvalue weighted by molar-refractivity contribution is -0.175. The predicted molar refractivity (Wildman–Crippen MR) is 297 cm³/mol. The predicted octanol–water partition coefficient (Wildman–Crippen LogP) is 8.28. The molecule has 0 radical (unpaired) electrons. The number of aliphatic carboxylic acids is 1. The molecule has 0 saturated carbocycles. The topological polar surface area (TPSA) is 215 Å². The first-order chi connectivity index (χ1) is 36.1. The van der Waals surface area contributed by atoms with Gasteiger partial charge in [0.2, 0.25) is 0 Å². The Kier molecular flexibility index (Phi) is 25.3. The van der Waals surface area contributed by atoms with Gasteiger partial charge in [0.05, 0.1) is 0 Å². The number of likely N-dealkylation sites (N-methyl/N-ethyl adjacent to an activating group) is 4. The summed E-state index contributed by atoms with van der Waals surface area (Å²) in [4.78, 5) is 114. The summed E-state index contributed by atoms with van der Waals surface area (Å²) in [7, 11) is 5.31. The smallest absolute Gasteiger partial charge is 0.344 e. The first-order valence-electron chi connectivity index (χ1n) is 27.2. The average molecular weight is 1120 g/mol. The zero-order valence-corrected chi connectivity index (χ0v) is 50.6. The lowest BCUT2D eigenvalue weighted by Gasteiger charge is -2.35. The standard InChI is InChI=1S/C60H92F2N4O13/c1-35(2)29-43(63-17)53(72)78-47(31-39-21-25-41(26-22-39)57(7,8)9)50(68)65(19)45(33-59(13,14)61)55(74)76-37(5)49(67)64(18)44(30-36(3)4)54(73)79-48(32-40-23-27-42(28-24-40)58(10,11)12)51(69)66(20)46(34-60(15,16)62)56(75)77-38(6)52(70)71/h21-28,35-38,43-48,63H,29-34H2,1-20H3,(H,70,71)/t37-,38-,43+,44?,45+,46+,47-,48-/m1/s1. The summed E-state index contributed by atoms with van der Waals surface area (Å²) in [6, 6.07) is 9.12. The normalized spacial score (nSPS) is 15.3. The van der Waals surface area contributed by atoms with E-state index in [0.717, 1.165) is 32.8 Å². The number of hydrogen-bond donors (Lipinski definition) is 2. The second-order valence-electron chi connectivity index (χ2n) is 25.0. The number of carbonyl (C=O) groups is 8. The second kappa shape index (κ2) is 28.9. The number of carbonyl (C=O) groups excluding carboxylic acids is 7. The van der Waals surface area contributed by atoms with Gasteiger partial charge in [-0.1, -0.05) is 118 Å². The Morgan fingerprint density at radius 2 is 0.823 bits per heavy atom. The van der Waals surface area contributed by atoms with Crippen LogP contribution >= 0.6 is 0 Å². The molecule has 1 unspecified atom stereocenters. The minimum absolute atomic E-state index is 0.0304. The van der Waals surface area contributed by atoms with Crippen molar-refractivity contribution < 1.29 is 71.2 Å². The van der Waals surface area contributed by atoms with Gasteiger partial charge in [0, 0.05) is 46.8 Å². The van der Waals surface area contributed by atoms with E-state index in [4.69, 9.17) is 18.9 Å². The Balaban J connectivity index is 2.61. The highest BCUT2D eigenvalue weighted by Gasteiger charge is 2.43. The van der Waals surface area contributed by atoms with E-state index in [2.05, 4.69) is 26.1 Å². The van der Waals surface area contributed by atoms with Gasteiger partial charge in [-0.2, -0.15) is 0 Å². The highest BCUT2D eigenvalue weighted by atomic mass is 19.1. The molecule has 17 nitrogen and oxygen atoms in total. The Hall–Kier alpha value is -5.98. The van der Waals surface area contributed by atoms with Gasteiger partial charge in [-0.15, -0.1) is 0 Å². The van der Waals surface area contributed by atoms with Gasteiger partial charge in [0.25, 0.3) is 17.7 Å². The number of esters is 4. The third kappa shape index (κ3) is 22.2. The molecule has 3 amide bonds. The summed E-state index contributed by atoms with van der Waals surface area (Å²) < 4.78 is 53.8. The van der Waals surface area contributed by atoms with Gasteiger partial charge in [-0.3, -0.25) is 19.2 Å². The minimum Gasteiger partial charge on any atom is -0.479 e. The van der Waals surface area contributed by atoms with Crippen LogP contribution < -0.4 is 5.32 Å². The number of benzene rings is 2. The molecule has 444 valence electrons. The first-order valence-corrected chi connectivity index (χ1v) is 27.2. The maximum Gasteiger partial charge on any atom is 0.344 e. The molecule has 0 aliphatic heterocycles. The maximum absolute atomic E-state index is 15.7. The van der Waals surface area contributed by atoms with Gasteiger partial charge in [0.1, 0.15) is 35.5 Å². The molecular formula is C60H92F2N4O13. The van der Waals surface area contributed by atoms with Crippen molar-refractivity contribution in [3.63, 3.8) is 0 Å². The third-order valence-electron chi connectivity index (χ3n) is 13.5. The van der Waals surface area contributed by atoms with E-state index < -0.39 is 120 Å². The van der Waals surface area contributed by atoms with Crippen molar-refractivity contribution >= 4 is 47.6 Å². The highest BCUT2D eigenvalue weighted by molar-refractivity contribution is 5.93. The summed E-state index contributed by atoms with van der Waals surface area (Å²) in [6.07, 6.45) is -7.64. The van der Waals surface area contributed by atoms with Crippen molar-refractivity contribution in [2.45, 2.75) is 220 Å². The summed E-state index contributed by atoms with van der Waals surface area (Å²) in [5, 5.41) is 12.4. The minimum atomic E-state index is -2.08. The molecule has 0 aliphatic carbocycles. The van der Waals surface area contributed by atoms with Gasteiger partial charge in [-0.25, -0.2) is 28.0 Å². The van der Waals surface area contributed by atoms with Crippen molar-refractivity contribution in [1.82, 2.24) is 20.0 Å². The van der Waals surface area contributed by atoms with Crippen molar-refractivity contribution in [3.8, 4) is 0 Å². The molecular weight excluding hydrogens is 1020 g/mol. The number of halogens is 2. The monoisotopic (exact) mass is 1110 g/mol. The van der Waals surface area contributed by atoms with Crippen LogP contribution in [0.2, 0.25) is 0 Å². The molecule has 2 N–H and O–H groups in total. The second-order valence-corrected chi connectivity index (χ2v) is 25.0. The van der Waals surface area contributed by atoms with Gasteiger partial charge < -0.3 is 44.1 Å². The fourth-order valence-electron chi connectivity index (χ4n) is 8.66. The zero-order valence-electron chi connectivity index (χ0n) is 50.6. The number of carboxylic acid groups (broad SMARTS) is 1. The Morgan fingerprint density at radius 1 is 0.494 bits per heavy atom. The number of carboxylic acids is 1. The summed E-state index contributed by atoms with van der Waals surface area (Å²) >= 11 is 0. The van der Waals surface area contributed by atoms with Crippen LogP contribution in [0.1, 0.15) is 159 Å². The average Bonchev–Trinajstić information content (AvgIpc) is 3.32. The fraction of sp³-hybridized carbons (Fsp3) is 0.667. The van der Waals surface area contributed by atoms with Crippen LogP contribution in [0.25, 0.3) is 0 Å². The van der Waals surface area contributed by atoms with Crippen LogP contribution in [-0.4, -0.2) is 155 Å². The van der Waals surface area contributed by atoms with Crippen LogP contribution in [-0.2, 0) is 81.0 Å². The number of alkyl halides is 2. The lowest BCUT2D eigenvalue weighted by atomic mass is 9.86. The molecule has 0 fully saturated rings. The van der Waals surface area contributed by atoms with E-state index in [9.17, 15) is 43.5 Å². The largest absolute Gasteiger partial charge is 0.479 e. The first kappa shape index (κ1) is 69.1. The Bertz CT molecular complexity index is 2380. The van der Waals surface area contributed by atoms with Crippen molar-refractivity contribution in [2.24, 2.45) is 11.8 Å². The van der Waals surface area contributed by atoms with Crippen molar-refractivity contribution in [1.29, 1.82) is 0 Å². The highest BCUT2D eigenvalue weighted by Crippen LogP contribution is 2.28. The van der Waals surface area contributed by atoms with Crippen LogP contribution in [0, 0.1) is 11.8 Å². The summed E-state index contributed by atoms with van der Waals surface area (Å²) in [6.45, 7) is 26.7. The van der Waals surface area contributed by atoms with E-state index in [0.29, 0.717) is 17.5 Å². The van der Waals surface area contributed by atoms with Crippen LogP contribution in [0.15, 0.2) is 48.5 Å². The molecule has 79 heavy (non-hydrogen) atoms. The number of nitrogens with zero attached hydrogens (tertiary/aromatic N) is 3. The molecule has 2 aromatic carbocycles. The van der Waals surface area contributed by atoms with Crippen LogP contribution in [0.5, 0.6) is 0 Å². The van der Waals surface area contributed by atoms with Gasteiger partial charge >= 0.3 is 29.8 Å². The van der Waals surface area contributed by atoms with E-state index in [1.165, 1.54) is 55.8 Å². The number of nitrogens with one attached hydrogen (secondary N) is 1. The fourth-order valence-corrected chi connectivity index (χ4v) is 8.66. The molecule has 8 atom stereocenters. The summed E-state index contributed by atoms with van der Waals surface area (Å²) in [5.74, 6) is -8.51. The SMILES string of the molecule is CN[C@@H](CC(C)C)C(=O)O[C@H](Cc1ccc(C(C)(C)C)cc1)C(=O)N(C)[C@@H](CC(C)(C)F)C(=O)O[C@H](C)C(=O)N(C)C(CC(C)C)C(=O)O[C@H](Cc1ccc(C(C)(C)C)cc1)C(=O)N(C)[C@@H](CC(C)(C)F)C(=O)O[C@H](C)C(=O)O. The zero-order chi connectivity index (χ0) is 60.9. The number of hydrogen-bond acceptors (Lipinski definition) is 13. The van der Waals surface area contributed by atoms with E-state index >= 15 is 8.78 Å². The number of amides is 3. The quantitative estimate of drug-likeness (QED) is 0.0606. The molecule has 0 aliphatic rings. The van der Waals surface area contributed by atoms with Crippen molar-refractivity contribution in [3.05, 3.63) is 70.8 Å². The van der Waals surface area contributed by atoms with E-state index in [1.807, 2.05) is 71.0 Å². The van der Waals surface area contributed by atoms with Gasteiger partial charge in [-0.05, 0) is 106 Å². The third-order valence-corrected chi connectivity index (χ3v) is 13.5.